The van der Waals surface area contributed by atoms with Crippen LogP contribution in [0.25, 0.3) is 27.7 Å². The summed E-state index contributed by atoms with van der Waals surface area (Å²) in [6.45, 7) is 11.1. The van der Waals surface area contributed by atoms with E-state index in [1.54, 1.807) is 18.6 Å². The molecule has 0 fully saturated rings. The lowest BCUT2D eigenvalue weighted by Crippen LogP contribution is -2.29. The zero-order valence-corrected chi connectivity index (χ0v) is 25.4. The van der Waals surface area contributed by atoms with Crippen LogP contribution in [0.3, 0.4) is 0 Å². The van der Waals surface area contributed by atoms with E-state index in [-0.39, 0.29) is 11.1 Å². The average Bonchev–Trinajstić information content (AvgIpc) is 2.99. The number of aryl methyl sites for hydroxylation is 2. The Kier molecular flexibility index (Phi) is 13.5. The predicted octanol–water partition coefficient (Wildman–Crippen LogP) is 8.56. The molecule has 0 aliphatic rings. The highest BCUT2D eigenvalue weighted by molar-refractivity contribution is 5.86. The smallest absolute Gasteiger partial charge is 0.259 e. The van der Waals surface area contributed by atoms with Crippen molar-refractivity contribution in [3.63, 3.8) is 0 Å². The molecule has 0 radical (unpaired) electrons. The van der Waals surface area contributed by atoms with E-state index in [1.165, 1.54) is 51.4 Å². The highest BCUT2D eigenvalue weighted by atomic mass is 16.1. The van der Waals surface area contributed by atoms with Crippen molar-refractivity contribution in [2.75, 3.05) is 0 Å². The molecule has 0 saturated heterocycles. The topological polar surface area (TPSA) is 69.2 Å². The van der Waals surface area contributed by atoms with Gasteiger partial charge in [-0.25, -0.2) is 0 Å². The Morgan fingerprint density at radius 1 is 0.805 bits per heavy atom. The van der Waals surface area contributed by atoms with E-state index in [0.29, 0.717) is 24.2 Å². The maximum atomic E-state index is 14.1. The van der Waals surface area contributed by atoms with E-state index >= 15 is 0 Å². The van der Waals surface area contributed by atoms with Crippen LogP contribution >= 0.6 is 0 Å². The Morgan fingerprint density at radius 3 is 1.90 bits per heavy atom. The number of fused-ring (bicyclic) bond motifs is 1. The molecule has 0 atom stereocenters. The van der Waals surface area contributed by atoms with Gasteiger partial charge in [0.25, 0.3) is 11.1 Å². The SMILES string of the molecule is C=N/C=C\C(=C/C)c1cc2c(cc(-c3ccncc3)c(=O)n2CCCCCCCC)n(CCCCCCCC)c1=O. The predicted molar refractivity (Wildman–Crippen MR) is 175 cm³/mol. The lowest BCUT2D eigenvalue weighted by molar-refractivity contribution is 0.550. The molecule has 0 amide bonds. The number of hydrogen-bond donors (Lipinski definition) is 0. The Bertz CT molecular complexity index is 1430. The summed E-state index contributed by atoms with van der Waals surface area (Å²) in [5, 5.41) is 0. The third-order valence-corrected chi connectivity index (χ3v) is 7.80. The van der Waals surface area contributed by atoms with Gasteiger partial charge in [0.15, 0.2) is 0 Å². The molecule has 3 rings (SSSR count). The van der Waals surface area contributed by atoms with Gasteiger partial charge in [0.05, 0.1) is 11.0 Å². The van der Waals surface area contributed by atoms with Crippen molar-refractivity contribution in [2.45, 2.75) is 111 Å². The quantitative estimate of drug-likeness (QED) is 0.0895. The summed E-state index contributed by atoms with van der Waals surface area (Å²) in [6, 6.07) is 7.57. The average molecular weight is 557 g/mol. The molecule has 0 N–H and O–H groups in total. The second-order valence-electron chi connectivity index (χ2n) is 10.8. The van der Waals surface area contributed by atoms with Crippen molar-refractivity contribution in [3.05, 3.63) is 81.3 Å². The molecule has 0 aromatic carbocycles. The summed E-state index contributed by atoms with van der Waals surface area (Å²) in [5.41, 5.74) is 4.33. The molecule has 220 valence electrons. The Labute approximate surface area is 245 Å². The molecule has 3 heterocycles. The Balaban J connectivity index is 2.19. The van der Waals surface area contributed by atoms with Crippen LogP contribution in [0.1, 0.15) is 103 Å². The summed E-state index contributed by atoms with van der Waals surface area (Å²) in [7, 11) is 0. The number of pyridine rings is 3. The fraction of sp³-hybridized carbons (Fsp3) is 0.486. The zero-order valence-electron chi connectivity index (χ0n) is 25.4. The van der Waals surface area contributed by atoms with Crippen LogP contribution in [0.5, 0.6) is 0 Å². The molecular weight excluding hydrogens is 508 g/mol. The van der Waals surface area contributed by atoms with E-state index < -0.39 is 0 Å². The van der Waals surface area contributed by atoms with E-state index in [9.17, 15) is 9.59 Å². The van der Waals surface area contributed by atoms with Gasteiger partial charge >= 0.3 is 0 Å². The van der Waals surface area contributed by atoms with Crippen molar-refractivity contribution in [3.8, 4) is 11.1 Å². The van der Waals surface area contributed by atoms with Gasteiger partial charge in [-0.15, -0.1) is 0 Å². The van der Waals surface area contributed by atoms with Gasteiger partial charge in [0.1, 0.15) is 0 Å². The lowest BCUT2D eigenvalue weighted by Gasteiger charge is -2.19. The van der Waals surface area contributed by atoms with E-state index in [0.717, 1.165) is 47.9 Å². The van der Waals surface area contributed by atoms with Gasteiger partial charge in [-0.3, -0.25) is 19.6 Å². The molecular formula is C35H48N4O2. The zero-order chi connectivity index (χ0) is 29.5. The second kappa shape index (κ2) is 17.3. The molecule has 0 spiro atoms. The maximum absolute atomic E-state index is 14.1. The summed E-state index contributed by atoms with van der Waals surface area (Å²) < 4.78 is 3.79. The van der Waals surface area contributed by atoms with Gasteiger partial charge < -0.3 is 9.13 Å². The molecule has 0 saturated carbocycles. The Hall–Kier alpha value is -3.54. The monoisotopic (exact) mass is 556 g/mol. The van der Waals surface area contributed by atoms with Crippen LogP contribution in [-0.4, -0.2) is 20.8 Å². The van der Waals surface area contributed by atoms with Crippen LogP contribution in [0.15, 0.2) is 69.6 Å². The number of allylic oxidation sites excluding steroid dienone is 3. The minimum Gasteiger partial charge on any atom is -0.306 e. The van der Waals surface area contributed by atoms with Gasteiger partial charge in [-0.05, 0) is 68.0 Å². The second-order valence-corrected chi connectivity index (χ2v) is 10.8. The first-order valence-corrected chi connectivity index (χ1v) is 15.6. The summed E-state index contributed by atoms with van der Waals surface area (Å²) in [5.74, 6) is 0. The minimum absolute atomic E-state index is 0.0294. The van der Waals surface area contributed by atoms with Crippen molar-refractivity contribution >= 4 is 23.3 Å². The van der Waals surface area contributed by atoms with E-state index in [2.05, 4.69) is 30.5 Å². The van der Waals surface area contributed by atoms with Crippen LogP contribution < -0.4 is 11.1 Å². The molecule has 0 aliphatic heterocycles. The molecule has 0 unspecified atom stereocenters. The number of unbranched alkanes of at least 4 members (excludes halogenated alkanes) is 10. The summed E-state index contributed by atoms with van der Waals surface area (Å²) in [6.07, 6.45) is 22.4. The molecule has 3 aromatic rings. The fourth-order valence-electron chi connectivity index (χ4n) is 5.45. The van der Waals surface area contributed by atoms with Crippen molar-refractivity contribution in [2.24, 2.45) is 4.99 Å². The molecule has 0 aliphatic carbocycles. The standard InChI is InChI=1S/C35H48N4O2/c1-5-8-10-12-14-16-24-38-33-27-31(29-19-22-37-23-20-29)35(41)39(25-17-15-13-11-9-6-2)32(33)26-30(34(38)40)28(7-3)18-21-36-4/h7,18-23,26-27H,4-6,8-17,24-25H2,1-3H3/b21-18-,28-7+. The number of aromatic nitrogens is 3. The highest BCUT2D eigenvalue weighted by Gasteiger charge is 2.18. The first-order valence-electron chi connectivity index (χ1n) is 15.6. The third kappa shape index (κ3) is 8.72. The van der Waals surface area contributed by atoms with Crippen molar-refractivity contribution < 1.29 is 0 Å². The minimum atomic E-state index is -0.0432. The molecule has 6 nitrogen and oxygen atoms in total. The third-order valence-electron chi connectivity index (χ3n) is 7.80. The van der Waals surface area contributed by atoms with Gasteiger partial charge in [-0.1, -0.05) is 84.1 Å². The Morgan fingerprint density at radius 2 is 1.34 bits per heavy atom. The molecule has 6 heteroatoms. The van der Waals surface area contributed by atoms with Crippen LogP contribution in [-0.2, 0) is 13.1 Å². The molecule has 0 bridgehead atoms. The summed E-state index contributed by atoms with van der Waals surface area (Å²) in [4.78, 5) is 36.1. The summed E-state index contributed by atoms with van der Waals surface area (Å²) >= 11 is 0. The number of rotatable bonds is 18. The maximum Gasteiger partial charge on any atom is 0.259 e. The first kappa shape index (κ1) is 32.0. The number of hydrogen-bond acceptors (Lipinski definition) is 4. The fourth-order valence-corrected chi connectivity index (χ4v) is 5.45. The normalized spacial score (nSPS) is 12.0. The van der Waals surface area contributed by atoms with Gasteiger partial charge in [0.2, 0.25) is 0 Å². The largest absolute Gasteiger partial charge is 0.306 e. The van der Waals surface area contributed by atoms with Crippen LogP contribution in [0.2, 0.25) is 0 Å². The molecule has 3 aromatic heterocycles. The van der Waals surface area contributed by atoms with E-state index in [4.69, 9.17) is 0 Å². The van der Waals surface area contributed by atoms with Gasteiger partial charge in [-0.2, -0.15) is 0 Å². The van der Waals surface area contributed by atoms with E-state index in [1.807, 2.05) is 52.5 Å². The molecule has 41 heavy (non-hydrogen) atoms. The lowest BCUT2D eigenvalue weighted by atomic mass is 10.0. The number of aliphatic imine (C=N–C) groups is 1. The number of nitrogens with zero attached hydrogens (tertiary/aromatic N) is 4. The van der Waals surface area contributed by atoms with Gasteiger partial charge in [0, 0.05) is 42.8 Å². The van der Waals surface area contributed by atoms with Crippen LogP contribution in [0, 0.1) is 0 Å². The van der Waals surface area contributed by atoms with Crippen LogP contribution in [0.4, 0.5) is 0 Å². The van der Waals surface area contributed by atoms with Crippen molar-refractivity contribution in [1.82, 2.24) is 14.1 Å². The first-order chi connectivity index (χ1) is 20.1. The van der Waals surface area contributed by atoms with Crippen molar-refractivity contribution in [1.29, 1.82) is 0 Å². The highest BCUT2D eigenvalue weighted by Crippen LogP contribution is 2.24.